The molecule has 1 N–H and O–H groups in total. The molecule has 2 heterocycles. The molecule has 39 heavy (non-hydrogen) atoms. The van der Waals surface area contributed by atoms with Crippen molar-refractivity contribution in [1.82, 2.24) is 4.98 Å². The molecule has 1 unspecified atom stereocenters. The fourth-order valence-electron chi connectivity index (χ4n) is 4.59. The van der Waals surface area contributed by atoms with Crippen LogP contribution >= 0.6 is 22.9 Å². The van der Waals surface area contributed by atoms with Crippen LogP contribution in [-0.4, -0.2) is 35.5 Å². The molecule has 0 aliphatic carbocycles. The molecule has 3 aromatic carbocycles. The lowest BCUT2D eigenvalue weighted by atomic mass is 9.95. The van der Waals surface area contributed by atoms with Crippen LogP contribution < -0.4 is 14.4 Å². The highest BCUT2D eigenvalue weighted by atomic mass is 35.5. The van der Waals surface area contributed by atoms with Crippen molar-refractivity contribution in [2.75, 3.05) is 18.6 Å². The number of ketones is 1. The number of anilines is 1. The van der Waals surface area contributed by atoms with E-state index in [0.29, 0.717) is 44.9 Å². The summed E-state index contributed by atoms with van der Waals surface area (Å²) >= 11 is 7.42. The topological polar surface area (TPSA) is 89.0 Å². The number of methoxy groups -OCH3 is 1. The number of hydrogen-bond donors (Lipinski definition) is 1. The number of benzene rings is 3. The molecule has 1 aliphatic rings. The maximum atomic E-state index is 13.5. The third-order valence-corrected chi connectivity index (χ3v) is 7.80. The van der Waals surface area contributed by atoms with Gasteiger partial charge < -0.3 is 14.6 Å². The van der Waals surface area contributed by atoms with E-state index in [-0.39, 0.29) is 11.3 Å². The Hall–Kier alpha value is -3.88. The SMILES string of the molecule is CCCCCOc1ccc(C2/C(=C(\O)c3ccccc3)C(=O)C(=O)N2c2nc3ccc(Cl)cc3s2)cc1OC. The van der Waals surface area contributed by atoms with Gasteiger partial charge in [-0.2, -0.15) is 0 Å². The standard InChI is InChI=1S/C30H27ClN2O5S/c1-3-4-8-15-38-22-14-11-19(16-23(22)37-2)26-25(27(34)18-9-6-5-7-10-18)28(35)29(36)33(26)30-32-21-13-12-20(31)17-24(21)39-30/h5-7,9-14,16-17,26,34H,3-4,8,15H2,1-2H3/b27-25+. The van der Waals surface area contributed by atoms with Crippen molar-refractivity contribution in [2.45, 2.75) is 32.2 Å². The van der Waals surface area contributed by atoms with Gasteiger partial charge in [0, 0.05) is 10.6 Å². The van der Waals surface area contributed by atoms with E-state index < -0.39 is 17.7 Å². The lowest BCUT2D eigenvalue weighted by Crippen LogP contribution is -2.29. The van der Waals surface area contributed by atoms with Gasteiger partial charge in [-0.15, -0.1) is 0 Å². The predicted octanol–water partition coefficient (Wildman–Crippen LogP) is 7.15. The van der Waals surface area contributed by atoms with E-state index in [1.54, 1.807) is 60.7 Å². The van der Waals surface area contributed by atoms with Gasteiger partial charge in [-0.3, -0.25) is 14.5 Å². The number of aliphatic hydroxyl groups excluding tert-OH is 1. The fourth-order valence-corrected chi connectivity index (χ4v) is 5.86. The van der Waals surface area contributed by atoms with Crippen LogP contribution in [-0.2, 0) is 9.59 Å². The van der Waals surface area contributed by atoms with E-state index in [1.807, 2.05) is 6.07 Å². The Kier molecular flexibility index (Phi) is 7.86. The van der Waals surface area contributed by atoms with Gasteiger partial charge in [0.25, 0.3) is 5.78 Å². The number of thiazole rings is 1. The maximum Gasteiger partial charge on any atom is 0.301 e. The minimum Gasteiger partial charge on any atom is -0.507 e. The second kappa shape index (κ2) is 11.5. The van der Waals surface area contributed by atoms with Gasteiger partial charge in [0.2, 0.25) is 0 Å². The van der Waals surface area contributed by atoms with Crippen molar-refractivity contribution in [2.24, 2.45) is 0 Å². The third-order valence-electron chi connectivity index (χ3n) is 6.55. The highest BCUT2D eigenvalue weighted by Gasteiger charge is 2.48. The largest absolute Gasteiger partial charge is 0.507 e. The summed E-state index contributed by atoms with van der Waals surface area (Å²) in [6.07, 6.45) is 3.05. The normalized spacial score (nSPS) is 16.7. The average Bonchev–Trinajstić information content (AvgIpc) is 3.48. The molecule has 1 aromatic heterocycles. The number of amides is 1. The highest BCUT2D eigenvalue weighted by molar-refractivity contribution is 7.22. The van der Waals surface area contributed by atoms with E-state index in [2.05, 4.69) is 11.9 Å². The van der Waals surface area contributed by atoms with Crippen LogP contribution in [0.25, 0.3) is 16.0 Å². The number of unbranched alkanes of at least 4 members (excludes halogenated alkanes) is 2. The first kappa shape index (κ1) is 26.7. The number of fused-ring (bicyclic) bond motifs is 1. The van der Waals surface area contributed by atoms with Gasteiger partial charge in [-0.25, -0.2) is 4.98 Å². The Morgan fingerprint density at radius 1 is 1.05 bits per heavy atom. The number of nitrogens with zero attached hydrogens (tertiary/aromatic N) is 2. The summed E-state index contributed by atoms with van der Waals surface area (Å²) in [6, 6.07) is 18.3. The first-order valence-electron chi connectivity index (χ1n) is 12.7. The van der Waals surface area contributed by atoms with Crippen molar-refractivity contribution in [3.05, 3.63) is 88.5 Å². The van der Waals surface area contributed by atoms with E-state index in [0.717, 1.165) is 24.0 Å². The van der Waals surface area contributed by atoms with Gasteiger partial charge in [0.15, 0.2) is 16.6 Å². The molecule has 5 rings (SSSR count). The number of Topliss-reactive ketones (excluding diaryl/α,β-unsaturated/α-hetero) is 1. The summed E-state index contributed by atoms with van der Waals surface area (Å²) in [5, 5.41) is 12.2. The Morgan fingerprint density at radius 3 is 2.59 bits per heavy atom. The number of hydrogen-bond acceptors (Lipinski definition) is 7. The molecular weight excluding hydrogens is 536 g/mol. The molecule has 4 aromatic rings. The molecule has 0 bridgehead atoms. The van der Waals surface area contributed by atoms with Crippen LogP contribution in [0.1, 0.15) is 43.4 Å². The van der Waals surface area contributed by atoms with Gasteiger partial charge in [-0.1, -0.05) is 79.1 Å². The minimum absolute atomic E-state index is 0.0258. The summed E-state index contributed by atoms with van der Waals surface area (Å²) in [7, 11) is 1.54. The summed E-state index contributed by atoms with van der Waals surface area (Å²) in [4.78, 5) is 33.0. The lowest BCUT2D eigenvalue weighted by molar-refractivity contribution is -0.132. The van der Waals surface area contributed by atoms with Crippen LogP contribution in [0.15, 0.2) is 72.3 Å². The molecule has 0 saturated carbocycles. The first-order valence-corrected chi connectivity index (χ1v) is 13.9. The van der Waals surface area contributed by atoms with Crippen LogP contribution in [0, 0.1) is 0 Å². The monoisotopic (exact) mass is 562 g/mol. The van der Waals surface area contributed by atoms with Crippen LogP contribution in [0.4, 0.5) is 5.13 Å². The van der Waals surface area contributed by atoms with Crippen molar-refractivity contribution in [3.8, 4) is 11.5 Å². The van der Waals surface area contributed by atoms with Crippen LogP contribution in [0.5, 0.6) is 11.5 Å². The summed E-state index contributed by atoms with van der Waals surface area (Å²) < 4.78 is 12.3. The zero-order chi connectivity index (χ0) is 27.5. The zero-order valence-electron chi connectivity index (χ0n) is 21.5. The minimum atomic E-state index is -0.940. The summed E-state index contributed by atoms with van der Waals surface area (Å²) in [5.41, 5.74) is 1.62. The maximum absolute atomic E-state index is 13.5. The van der Waals surface area contributed by atoms with Crippen molar-refractivity contribution in [3.63, 3.8) is 0 Å². The average molecular weight is 563 g/mol. The van der Waals surface area contributed by atoms with Gasteiger partial charge in [0.1, 0.15) is 5.76 Å². The Balaban J connectivity index is 1.65. The second-order valence-electron chi connectivity index (χ2n) is 9.11. The lowest BCUT2D eigenvalue weighted by Gasteiger charge is -2.24. The Bertz CT molecular complexity index is 1570. The first-order chi connectivity index (χ1) is 18.9. The van der Waals surface area contributed by atoms with E-state index in [4.69, 9.17) is 21.1 Å². The van der Waals surface area contributed by atoms with Crippen molar-refractivity contribution >= 4 is 55.7 Å². The second-order valence-corrected chi connectivity index (χ2v) is 10.6. The van der Waals surface area contributed by atoms with Gasteiger partial charge in [0.05, 0.1) is 35.5 Å². The van der Waals surface area contributed by atoms with E-state index in [1.165, 1.54) is 23.3 Å². The van der Waals surface area contributed by atoms with Gasteiger partial charge >= 0.3 is 5.91 Å². The number of rotatable bonds is 9. The summed E-state index contributed by atoms with van der Waals surface area (Å²) in [6.45, 7) is 2.67. The molecule has 1 amide bonds. The molecule has 0 radical (unpaired) electrons. The third kappa shape index (κ3) is 5.22. The quantitative estimate of drug-likeness (QED) is 0.101. The predicted molar refractivity (Wildman–Crippen MR) is 154 cm³/mol. The molecule has 1 fully saturated rings. The van der Waals surface area contributed by atoms with Crippen LogP contribution in [0.3, 0.4) is 0 Å². The van der Waals surface area contributed by atoms with Crippen molar-refractivity contribution < 1.29 is 24.2 Å². The van der Waals surface area contributed by atoms with Gasteiger partial charge in [-0.05, 0) is 42.3 Å². The summed E-state index contributed by atoms with van der Waals surface area (Å²) in [5.74, 6) is -0.805. The molecule has 1 saturated heterocycles. The Morgan fingerprint density at radius 2 is 1.85 bits per heavy atom. The van der Waals surface area contributed by atoms with E-state index in [9.17, 15) is 14.7 Å². The molecule has 1 aliphatic heterocycles. The fraction of sp³-hybridized carbons (Fsp3) is 0.233. The molecule has 9 heteroatoms. The Labute approximate surface area is 235 Å². The van der Waals surface area contributed by atoms with E-state index >= 15 is 0 Å². The molecular formula is C30H27ClN2O5S. The smallest absolute Gasteiger partial charge is 0.301 e. The number of carbonyl (C=O) groups is 2. The molecule has 7 nitrogen and oxygen atoms in total. The molecule has 200 valence electrons. The number of ether oxygens (including phenoxy) is 2. The molecule has 1 atom stereocenters. The van der Waals surface area contributed by atoms with Crippen molar-refractivity contribution in [1.29, 1.82) is 0 Å². The highest BCUT2D eigenvalue weighted by Crippen LogP contribution is 2.46. The zero-order valence-corrected chi connectivity index (χ0v) is 23.1. The number of aliphatic hydroxyl groups is 1. The number of carbonyl (C=O) groups excluding carboxylic acids is 2. The van der Waals surface area contributed by atoms with Crippen LogP contribution in [0.2, 0.25) is 5.02 Å². The number of aromatic nitrogens is 1. The number of halogens is 1. The molecule has 0 spiro atoms.